The Morgan fingerprint density at radius 1 is 1.16 bits per heavy atom. The third kappa shape index (κ3) is 5.21. The van der Waals surface area contributed by atoms with Crippen molar-refractivity contribution in [2.24, 2.45) is 0 Å². The highest BCUT2D eigenvalue weighted by Crippen LogP contribution is 2.23. The summed E-state index contributed by atoms with van der Waals surface area (Å²) in [7, 11) is 1.85. The van der Waals surface area contributed by atoms with Crippen molar-refractivity contribution >= 4 is 11.8 Å². The van der Waals surface area contributed by atoms with Crippen molar-refractivity contribution in [1.29, 1.82) is 0 Å². The number of hydrogen-bond donors (Lipinski definition) is 0. The van der Waals surface area contributed by atoms with Gasteiger partial charge in [0.1, 0.15) is 0 Å². The molecule has 19 heavy (non-hydrogen) atoms. The summed E-state index contributed by atoms with van der Waals surface area (Å²) < 4.78 is 0. The topological polar surface area (TPSA) is 40.6 Å². The van der Waals surface area contributed by atoms with E-state index in [0.717, 1.165) is 32.2 Å². The fourth-order valence-electron chi connectivity index (χ4n) is 2.74. The van der Waals surface area contributed by atoms with E-state index in [1.54, 1.807) is 11.8 Å². The molecule has 110 valence electrons. The van der Waals surface area contributed by atoms with Gasteiger partial charge in [0.05, 0.1) is 0 Å². The summed E-state index contributed by atoms with van der Waals surface area (Å²) in [6, 6.07) is 0.367. The monoisotopic (exact) mass is 268 g/mol. The maximum atomic E-state index is 12.0. The predicted octanol–water partition coefficient (Wildman–Crippen LogP) is 2.43. The van der Waals surface area contributed by atoms with Gasteiger partial charge in [0, 0.05) is 39.5 Å². The molecule has 0 saturated heterocycles. The Morgan fingerprint density at radius 3 is 2.32 bits per heavy atom. The third-order valence-corrected chi connectivity index (χ3v) is 4.01. The molecule has 0 aromatic heterocycles. The predicted molar refractivity (Wildman–Crippen MR) is 76.8 cm³/mol. The van der Waals surface area contributed by atoms with E-state index in [1.807, 2.05) is 11.9 Å². The molecule has 0 unspecified atom stereocenters. The summed E-state index contributed by atoms with van der Waals surface area (Å²) in [5.41, 5.74) is 0. The summed E-state index contributed by atoms with van der Waals surface area (Å²) in [5.74, 6) is 0.258. The Bertz CT molecular complexity index is 299. The first kappa shape index (κ1) is 16.0. The average molecular weight is 268 g/mol. The van der Waals surface area contributed by atoms with Crippen LogP contribution in [0.3, 0.4) is 0 Å². The fourth-order valence-corrected chi connectivity index (χ4v) is 2.74. The smallest absolute Gasteiger partial charge is 0.224 e. The van der Waals surface area contributed by atoms with Gasteiger partial charge < -0.3 is 9.80 Å². The van der Waals surface area contributed by atoms with Crippen LogP contribution in [0.1, 0.15) is 58.8 Å². The van der Waals surface area contributed by atoms with Crippen LogP contribution < -0.4 is 0 Å². The first-order valence-electron chi connectivity index (χ1n) is 7.57. The molecule has 0 aromatic carbocycles. The molecular formula is C15H28N2O2. The average Bonchev–Trinajstić information content (AvgIpc) is 2.89. The van der Waals surface area contributed by atoms with E-state index in [2.05, 4.69) is 6.92 Å². The van der Waals surface area contributed by atoms with Crippen LogP contribution in [0.5, 0.6) is 0 Å². The SMILES string of the molecule is CCCCN(C)C(=O)CCN(C(C)=O)C1CCCC1. The van der Waals surface area contributed by atoms with Gasteiger partial charge in [-0.05, 0) is 19.3 Å². The molecule has 0 radical (unpaired) electrons. The van der Waals surface area contributed by atoms with E-state index in [4.69, 9.17) is 0 Å². The number of rotatable bonds is 7. The number of carbonyl (C=O) groups excluding carboxylic acids is 2. The molecule has 0 N–H and O–H groups in total. The lowest BCUT2D eigenvalue weighted by atomic mass is 10.2. The minimum absolute atomic E-state index is 0.107. The quantitative estimate of drug-likeness (QED) is 0.711. The van der Waals surface area contributed by atoms with E-state index < -0.39 is 0 Å². The van der Waals surface area contributed by atoms with Crippen LogP contribution in [-0.4, -0.2) is 47.8 Å². The highest BCUT2D eigenvalue weighted by molar-refractivity contribution is 5.78. The van der Waals surface area contributed by atoms with Crippen LogP contribution >= 0.6 is 0 Å². The van der Waals surface area contributed by atoms with E-state index in [0.29, 0.717) is 19.0 Å². The fraction of sp³-hybridized carbons (Fsp3) is 0.867. The Hall–Kier alpha value is -1.06. The minimum atomic E-state index is 0.107. The Labute approximate surface area is 117 Å². The first-order valence-corrected chi connectivity index (χ1v) is 7.57. The summed E-state index contributed by atoms with van der Waals surface area (Å²) in [4.78, 5) is 27.4. The zero-order valence-electron chi connectivity index (χ0n) is 12.7. The molecule has 0 spiro atoms. The van der Waals surface area contributed by atoms with E-state index in [-0.39, 0.29) is 11.8 Å². The molecule has 1 aliphatic rings. The van der Waals surface area contributed by atoms with Crippen molar-refractivity contribution in [2.45, 2.75) is 64.8 Å². The highest BCUT2D eigenvalue weighted by Gasteiger charge is 2.25. The first-order chi connectivity index (χ1) is 9.06. The second-order valence-electron chi connectivity index (χ2n) is 5.57. The lowest BCUT2D eigenvalue weighted by Crippen LogP contribution is -2.40. The van der Waals surface area contributed by atoms with Gasteiger partial charge in [0.2, 0.25) is 11.8 Å². The van der Waals surface area contributed by atoms with Crippen molar-refractivity contribution in [2.75, 3.05) is 20.1 Å². The normalized spacial score (nSPS) is 15.5. The molecule has 0 aliphatic heterocycles. The Kier molecular flexibility index (Phi) is 6.89. The van der Waals surface area contributed by atoms with Crippen molar-refractivity contribution in [1.82, 2.24) is 9.80 Å². The van der Waals surface area contributed by atoms with Gasteiger partial charge in [0.15, 0.2) is 0 Å². The minimum Gasteiger partial charge on any atom is -0.346 e. The van der Waals surface area contributed by atoms with Crippen LogP contribution in [0, 0.1) is 0 Å². The number of unbranched alkanes of at least 4 members (excludes halogenated alkanes) is 1. The van der Waals surface area contributed by atoms with Crippen LogP contribution in [0.25, 0.3) is 0 Å². The lowest BCUT2D eigenvalue weighted by molar-refractivity contribution is -0.134. The van der Waals surface area contributed by atoms with Crippen molar-refractivity contribution in [3.05, 3.63) is 0 Å². The number of amides is 2. The van der Waals surface area contributed by atoms with Gasteiger partial charge in [-0.1, -0.05) is 26.2 Å². The standard InChI is InChI=1S/C15H28N2O2/c1-4-5-11-16(3)15(19)10-12-17(13(2)18)14-8-6-7-9-14/h14H,4-12H2,1-3H3. The maximum Gasteiger partial charge on any atom is 0.224 e. The molecule has 0 aromatic rings. The van der Waals surface area contributed by atoms with Crippen LogP contribution in [0.2, 0.25) is 0 Å². The second-order valence-corrected chi connectivity index (χ2v) is 5.57. The summed E-state index contributed by atoms with van der Waals surface area (Å²) in [5, 5.41) is 0. The molecule has 1 fully saturated rings. The van der Waals surface area contributed by atoms with Crippen molar-refractivity contribution in [3.63, 3.8) is 0 Å². The largest absolute Gasteiger partial charge is 0.346 e. The van der Waals surface area contributed by atoms with E-state index in [1.165, 1.54) is 12.8 Å². The molecule has 2 amide bonds. The summed E-state index contributed by atoms with van der Waals surface area (Å²) in [6.45, 7) is 5.13. The van der Waals surface area contributed by atoms with Gasteiger partial charge in [0.25, 0.3) is 0 Å². The molecule has 0 heterocycles. The van der Waals surface area contributed by atoms with Crippen molar-refractivity contribution < 1.29 is 9.59 Å². The Morgan fingerprint density at radius 2 is 1.79 bits per heavy atom. The molecule has 0 atom stereocenters. The van der Waals surface area contributed by atoms with Gasteiger partial charge in [-0.15, -0.1) is 0 Å². The zero-order valence-corrected chi connectivity index (χ0v) is 12.7. The summed E-state index contributed by atoms with van der Waals surface area (Å²) >= 11 is 0. The molecule has 1 rings (SSSR count). The maximum absolute atomic E-state index is 12.0. The molecule has 0 bridgehead atoms. The molecule has 4 nitrogen and oxygen atoms in total. The highest BCUT2D eigenvalue weighted by atomic mass is 16.2. The number of hydrogen-bond acceptors (Lipinski definition) is 2. The van der Waals surface area contributed by atoms with Crippen LogP contribution in [-0.2, 0) is 9.59 Å². The van der Waals surface area contributed by atoms with Gasteiger partial charge in [-0.3, -0.25) is 9.59 Å². The molecule has 1 saturated carbocycles. The second kappa shape index (κ2) is 8.18. The molecule has 4 heteroatoms. The van der Waals surface area contributed by atoms with E-state index in [9.17, 15) is 9.59 Å². The van der Waals surface area contributed by atoms with Crippen LogP contribution in [0.4, 0.5) is 0 Å². The van der Waals surface area contributed by atoms with E-state index >= 15 is 0 Å². The lowest BCUT2D eigenvalue weighted by Gasteiger charge is -2.28. The number of carbonyl (C=O) groups is 2. The van der Waals surface area contributed by atoms with Gasteiger partial charge in [-0.2, -0.15) is 0 Å². The Balaban J connectivity index is 2.38. The zero-order chi connectivity index (χ0) is 14.3. The molecule has 1 aliphatic carbocycles. The number of nitrogens with zero attached hydrogens (tertiary/aromatic N) is 2. The van der Waals surface area contributed by atoms with Crippen LogP contribution in [0.15, 0.2) is 0 Å². The summed E-state index contributed by atoms with van der Waals surface area (Å²) in [6.07, 6.45) is 7.20. The van der Waals surface area contributed by atoms with Gasteiger partial charge >= 0.3 is 0 Å². The van der Waals surface area contributed by atoms with Gasteiger partial charge in [-0.25, -0.2) is 0 Å². The molecular weight excluding hydrogens is 240 g/mol. The third-order valence-electron chi connectivity index (χ3n) is 4.01. The van der Waals surface area contributed by atoms with Crippen molar-refractivity contribution in [3.8, 4) is 0 Å².